The molecule has 3 nitrogen and oxygen atoms in total. The first-order valence-corrected chi connectivity index (χ1v) is 5.23. The molecule has 0 aromatic rings. The lowest BCUT2D eigenvalue weighted by Crippen LogP contribution is -2.50. The predicted molar refractivity (Wildman–Crippen MR) is 57.2 cm³/mol. The first-order valence-electron chi connectivity index (χ1n) is 5.23. The smallest absolute Gasteiger partial charge is 0.255 e. The van der Waals surface area contributed by atoms with Crippen molar-refractivity contribution in [3.8, 4) is 0 Å². The summed E-state index contributed by atoms with van der Waals surface area (Å²) in [5.41, 5.74) is 4.94. The van der Waals surface area contributed by atoms with Crippen LogP contribution < -0.4 is 5.32 Å². The Balaban J connectivity index is 2.07. The molecule has 0 saturated carbocycles. The lowest BCUT2D eigenvalue weighted by Gasteiger charge is -2.31. The summed E-state index contributed by atoms with van der Waals surface area (Å²) in [6, 6.07) is 0.224. The standard InChI is InChI=1S/C12H12N2O/c15-12-10-5-3-1-2-4-9(10)11-8-13-6-7-14(11)12/h1-2,4-5,11,13H,6-8H2. The quantitative estimate of drug-likeness (QED) is 0.573. The summed E-state index contributed by atoms with van der Waals surface area (Å²) < 4.78 is 0. The van der Waals surface area contributed by atoms with Crippen LogP contribution in [0.4, 0.5) is 0 Å². The van der Waals surface area contributed by atoms with Crippen molar-refractivity contribution in [3.05, 3.63) is 41.2 Å². The first kappa shape index (κ1) is 8.72. The number of nitrogens with one attached hydrogen (secondary N) is 1. The van der Waals surface area contributed by atoms with E-state index in [1.165, 1.54) is 0 Å². The monoisotopic (exact) mass is 200 g/mol. The molecule has 1 fully saturated rings. The van der Waals surface area contributed by atoms with E-state index in [0.29, 0.717) is 0 Å². The number of allylic oxidation sites excluding steroid dienone is 1. The van der Waals surface area contributed by atoms with Crippen molar-refractivity contribution >= 4 is 5.91 Å². The Morgan fingerprint density at radius 1 is 1.53 bits per heavy atom. The van der Waals surface area contributed by atoms with Crippen molar-refractivity contribution in [2.24, 2.45) is 0 Å². The summed E-state index contributed by atoms with van der Waals surface area (Å²) >= 11 is 0. The Morgan fingerprint density at radius 3 is 3.40 bits per heavy atom. The Morgan fingerprint density at radius 2 is 2.47 bits per heavy atom. The van der Waals surface area contributed by atoms with Gasteiger partial charge in [-0.05, 0) is 17.7 Å². The van der Waals surface area contributed by atoms with Crippen molar-refractivity contribution in [3.63, 3.8) is 0 Å². The normalized spacial score (nSPS) is 28.1. The number of carbonyl (C=O) groups is 1. The van der Waals surface area contributed by atoms with Gasteiger partial charge in [-0.25, -0.2) is 0 Å². The van der Waals surface area contributed by atoms with Crippen LogP contribution in [0.5, 0.6) is 0 Å². The van der Waals surface area contributed by atoms with E-state index in [4.69, 9.17) is 0 Å². The summed E-state index contributed by atoms with van der Waals surface area (Å²) in [5, 5.41) is 3.32. The molecular weight excluding hydrogens is 188 g/mol. The number of piperazine rings is 1. The third-order valence-corrected chi connectivity index (χ3v) is 3.10. The van der Waals surface area contributed by atoms with Gasteiger partial charge in [-0.15, -0.1) is 5.73 Å². The van der Waals surface area contributed by atoms with Crippen LogP contribution in [0.15, 0.2) is 41.2 Å². The fourth-order valence-corrected chi connectivity index (χ4v) is 2.37. The highest BCUT2D eigenvalue weighted by Gasteiger charge is 2.38. The van der Waals surface area contributed by atoms with Crippen LogP contribution in [-0.2, 0) is 4.79 Å². The van der Waals surface area contributed by atoms with Gasteiger partial charge in [0.05, 0.1) is 11.6 Å². The highest BCUT2D eigenvalue weighted by Crippen LogP contribution is 2.29. The third kappa shape index (κ3) is 1.21. The SMILES string of the molecule is O=C1C2=C(C=CC=C=C2)C2CNCCN12. The predicted octanol–water partition coefficient (Wildman–Crippen LogP) is 0.378. The summed E-state index contributed by atoms with van der Waals surface area (Å²) in [6.45, 7) is 2.57. The Hall–Kier alpha value is -1.57. The topological polar surface area (TPSA) is 32.3 Å². The lowest BCUT2D eigenvalue weighted by atomic mass is 10.0. The number of rotatable bonds is 0. The first-order chi connectivity index (χ1) is 7.38. The van der Waals surface area contributed by atoms with E-state index in [2.05, 4.69) is 11.0 Å². The molecule has 1 amide bonds. The molecule has 3 rings (SSSR count). The molecule has 3 aliphatic rings. The van der Waals surface area contributed by atoms with Gasteiger partial charge in [0.25, 0.3) is 5.91 Å². The Labute approximate surface area is 88.4 Å². The lowest BCUT2D eigenvalue weighted by molar-refractivity contribution is -0.127. The van der Waals surface area contributed by atoms with Gasteiger partial charge in [0.2, 0.25) is 0 Å². The molecular formula is C12H12N2O. The number of hydrogen-bond donors (Lipinski definition) is 1. The molecule has 1 atom stereocenters. The van der Waals surface area contributed by atoms with Crippen LogP contribution in [0.25, 0.3) is 0 Å². The average Bonchev–Trinajstić information content (AvgIpc) is 2.48. The van der Waals surface area contributed by atoms with E-state index in [-0.39, 0.29) is 11.9 Å². The van der Waals surface area contributed by atoms with Crippen LogP contribution in [0, 0.1) is 0 Å². The second kappa shape index (κ2) is 3.23. The maximum absolute atomic E-state index is 12.0. The minimum absolute atomic E-state index is 0.156. The van der Waals surface area contributed by atoms with Gasteiger partial charge in [-0.1, -0.05) is 12.2 Å². The molecule has 1 aliphatic carbocycles. The maximum Gasteiger partial charge on any atom is 0.255 e. The molecule has 0 aromatic carbocycles. The zero-order valence-corrected chi connectivity index (χ0v) is 8.36. The van der Waals surface area contributed by atoms with E-state index in [1.54, 1.807) is 6.08 Å². The molecule has 1 saturated heterocycles. The van der Waals surface area contributed by atoms with E-state index in [9.17, 15) is 4.79 Å². The maximum atomic E-state index is 12.0. The zero-order chi connectivity index (χ0) is 10.3. The molecule has 0 radical (unpaired) electrons. The molecule has 3 heteroatoms. The molecule has 76 valence electrons. The number of fused-ring (bicyclic) bond motifs is 2. The Kier molecular flexibility index (Phi) is 1.88. The van der Waals surface area contributed by atoms with E-state index in [0.717, 1.165) is 30.8 Å². The van der Waals surface area contributed by atoms with Gasteiger partial charge in [-0.3, -0.25) is 4.79 Å². The van der Waals surface area contributed by atoms with Crippen molar-refractivity contribution in [1.29, 1.82) is 0 Å². The molecule has 15 heavy (non-hydrogen) atoms. The summed E-state index contributed by atoms with van der Waals surface area (Å²) in [6.07, 6.45) is 7.62. The number of nitrogens with zero attached hydrogens (tertiary/aromatic N) is 1. The second-order valence-electron chi connectivity index (χ2n) is 3.92. The molecule has 0 spiro atoms. The third-order valence-electron chi connectivity index (χ3n) is 3.10. The summed E-state index contributed by atoms with van der Waals surface area (Å²) in [5.74, 6) is 0.156. The molecule has 0 aromatic heterocycles. The Bertz CT molecular complexity index is 439. The van der Waals surface area contributed by atoms with Crippen LogP contribution in [0.1, 0.15) is 0 Å². The average molecular weight is 200 g/mol. The van der Waals surface area contributed by atoms with E-state index >= 15 is 0 Å². The van der Waals surface area contributed by atoms with Gasteiger partial charge in [0, 0.05) is 19.6 Å². The molecule has 2 heterocycles. The van der Waals surface area contributed by atoms with Gasteiger partial charge < -0.3 is 10.2 Å². The van der Waals surface area contributed by atoms with Crippen molar-refractivity contribution in [1.82, 2.24) is 10.2 Å². The van der Waals surface area contributed by atoms with Gasteiger partial charge in [0.1, 0.15) is 0 Å². The van der Waals surface area contributed by atoms with Crippen molar-refractivity contribution < 1.29 is 4.79 Å². The second-order valence-corrected chi connectivity index (χ2v) is 3.92. The van der Waals surface area contributed by atoms with Crippen LogP contribution in [-0.4, -0.2) is 36.5 Å². The molecule has 1 N–H and O–H groups in total. The number of amides is 1. The summed E-state index contributed by atoms with van der Waals surface area (Å²) in [7, 11) is 0. The van der Waals surface area contributed by atoms with Gasteiger partial charge >= 0.3 is 0 Å². The van der Waals surface area contributed by atoms with Gasteiger partial charge in [-0.2, -0.15) is 0 Å². The van der Waals surface area contributed by atoms with Gasteiger partial charge in [0.15, 0.2) is 0 Å². The van der Waals surface area contributed by atoms with Crippen molar-refractivity contribution in [2.75, 3.05) is 19.6 Å². The largest absolute Gasteiger partial charge is 0.329 e. The molecule has 1 unspecified atom stereocenters. The molecule has 2 aliphatic heterocycles. The minimum Gasteiger partial charge on any atom is -0.329 e. The van der Waals surface area contributed by atoms with Crippen LogP contribution >= 0.6 is 0 Å². The highest BCUT2D eigenvalue weighted by molar-refractivity contribution is 6.01. The number of hydrogen-bond acceptors (Lipinski definition) is 2. The summed E-state index contributed by atoms with van der Waals surface area (Å²) in [4.78, 5) is 14.0. The molecule has 0 bridgehead atoms. The van der Waals surface area contributed by atoms with Crippen LogP contribution in [0.2, 0.25) is 0 Å². The zero-order valence-electron chi connectivity index (χ0n) is 8.36. The highest BCUT2D eigenvalue weighted by atomic mass is 16.2. The van der Waals surface area contributed by atoms with E-state index < -0.39 is 0 Å². The fraction of sp³-hybridized carbons (Fsp3) is 0.333. The minimum atomic E-state index is 0.156. The van der Waals surface area contributed by atoms with E-state index in [1.807, 2.05) is 23.1 Å². The van der Waals surface area contributed by atoms with Crippen LogP contribution in [0.3, 0.4) is 0 Å². The van der Waals surface area contributed by atoms with Crippen molar-refractivity contribution in [2.45, 2.75) is 6.04 Å². The number of carbonyl (C=O) groups excluding carboxylic acids is 1. The fourth-order valence-electron chi connectivity index (χ4n) is 2.37.